The summed E-state index contributed by atoms with van der Waals surface area (Å²) in [7, 11) is 1.95. The monoisotopic (exact) mass is 492 g/mol. The van der Waals surface area contributed by atoms with Crippen LogP contribution in [0.15, 0.2) is 27.8 Å². The van der Waals surface area contributed by atoms with Crippen molar-refractivity contribution in [2.24, 2.45) is 7.05 Å². The lowest BCUT2D eigenvalue weighted by molar-refractivity contribution is -0.144. The first-order chi connectivity index (χ1) is 15.4. The van der Waals surface area contributed by atoms with Crippen LogP contribution in [0.1, 0.15) is 11.5 Å². The summed E-state index contributed by atoms with van der Waals surface area (Å²) in [5.41, 5.74) is -5.05. The van der Waals surface area contributed by atoms with Crippen molar-refractivity contribution < 1.29 is 31.8 Å². The van der Waals surface area contributed by atoms with Gasteiger partial charge in [0.05, 0.1) is 17.8 Å². The first kappa shape index (κ1) is 23.9. The molecule has 11 nitrogen and oxygen atoms in total. The summed E-state index contributed by atoms with van der Waals surface area (Å²) in [4.78, 5) is 36.1. The molecule has 0 atom stereocenters. The topological polar surface area (TPSA) is 123 Å². The van der Waals surface area contributed by atoms with Gasteiger partial charge < -0.3 is 9.47 Å². The fraction of sp³-hybridized carbons (Fsp3) is 0.294. The molecule has 176 valence electrons. The highest BCUT2D eigenvalue weighted by Gasteiger charge is 2.35. The standard InChI is InChI=1S/C17H13ClF4N6O5/c1-26-12(17(20,21)22)5-14(29)28(16(26)31)10-4-11(8(18)3-9(10)19)33-7-13-23-24-25-27(13)6-15(30)32-2/h3-5H,6-7H2,1-2H3. The Morgan fingerprint density at radius 3 is 2.55 bits per heavy atom. The number of carbonyl (C=O) groups is 1. The van der Waals surface area contributed by atoms with Gasteiger partial charge in [0.25, 0.3) is 5.56 Å². The minimum Gasteiger partial charge on any atom is -0.484 e. The Bertz CT molecular complexity index is 1330. The van der Waals surface area contributed by atoms with E-state index in [0.717, 1.165) is 24.9 Å². The van der Waals surface area contributed by atoms with E-state index >= 15 is 0 Å². The highest BCUT2D eigenvalue weighted by Crippen LogP contribution is 2.30. The molecule has 0 aliphatic heterocycles. The lowest BCUT2D eigenvalue weighted by Gasteiger charge is -2.15. The third kappa shape index (κ3) is 4.87. The van der Waals surface area contributed by atoms with Crippen LogP contribution >= 0.6 is 11.6 Å². The van der Waals surface area contributed by atoms with E-state index in [4.69, 9.17) is 16.3 Å². The summed E-state index contributed by atoms with van der Waals surface area (Å²) in [6, 6.07) is 1.74. The van der Waals surface area contributed by atoms with E-state index in [9.17, 15) is 31.9 Å². The molecule has 33 heavy (non-hydrogen) atoms. The van der Waals surface area contributed by atoms with E-state index in [-0.39, 0.29) is 44.9 Å². The van der Waals surface area contributed by atoms with Gasteiger partial charge in [-0.25, -0.2) is 18.4 Å². The number of aromatic nitrogens is 6. The van der Waals surface area contributed by atoms with Crippen molar-refractivity contribution in [1.29, 1.82) is 0 Å². The van der Waals surface area contributed by atoms with Gasteiger partial charge >= 0.3 is 17.8 Å². The van der Waals surface area contributed by atoms with Crippen LogP contribution in [0.3, 0.4) is 0 Å². The number of carbonyl (C=O) groups excluding carboxylic acids is 1. The Morgan fingerprint density at radius 1 is 1.21 bits per heavy atom. The van der Waals surface area contributed by atoms with Crippen LogP contribution < -0.4 is 16.0 Å². The second kappa shape index (κ2) is 9.01. The molecule has 2 aromatic heterocycles. The molecule has 0 amide bonds. The minimum absolute atomic E-state index is 0.0463. The molecule has 0 N–H and O–H groups in total. The van der Waals surface area contributed by atoms with Gasteiger partial charge in [-0.2, -0.15) is 13.2 Å². The molecule has 3 aromatic rings. The van der Waals surface area contributed by atoms with E-state index in [1.54, 1.807) is 0 Å². The van der Waals surface area contributed by atoms with Crippen LogP contribution in [0.5, 0.6) is 5.75 Å². The minimum atomic E-state index is -4.98. The first-order valence-corrected chi connectivity index (χ1v) is 9.16. The normalized spacial score (nSPS) is 11.5. The third-order valence-corrected chi connectivity index (χ3v) is 4.62. The molecule has 1 aromatic carbocycles. The fourth-order valence-electron chi connectivity index (χ4n) is 2.70. The number of ether oxygens (including phenoxy) is 2. The molecule has 3 rings (SSSR count). The van der Waals surface area contributed by atoms with Gasteiger partial charge in [-0.05, 0) is 16.5 Å². The molecular formula is C17H13ClF4N6O5. The summed E-state index contributed by atoms with van der Waals surface area (Å²) in [5, 5.41) is 10.3. The van der Waals surface area contributed by atoms with E-state index in [0.29, 0.717) is 6.07 Å². The molecule has 0 spiro atoms. The van der Waals surface area contributed by atoms with Gasteiger partial charge in [0.1, 0.15) is 30.4 Å². The molecule has 0 aliphatic rings. The third-order valence-electron chi connectivity index (χ3n) is 4.32. The lowest BCUT2D eigenvalue weighted by Crippen LogP contribution is -2.41. The molecular weight excluding hydrogens is 480 g/mol. The number of halogens is 5. The molecule has 2 heterocycles. The maximum Gasteiger partial charge on any atom is 0.431 e. The largest absolute Gasteiger partial charge is 0.484 e. The van der Waals surface area contributed by atoms with E-state index in [1.807, 2.05) is 0 Å². The van der Waals surface area contributed by atoms with Crippen molar-refractivity contribution in [3.63, 3.8) is 0 Å². The number of rotatable bonds is 6. The fourth-order valence-corrected chi connectivity index (χ4v) is 2.90. The Balaban J connectivity index is 2.00. The first-order valence-electron chi connectivity index (χ1n) is 8.78. The van der Waals surface area contributed by atoms with E-state index in [1.165, 1.54) is 0 Å². The zero-order chi connectivity index (χ0) is 24.5. The predicted octanol–water partition coefficient (Wildman–Crippen LogP) is 1.09. The van der Waals surface area contributed by atoms with Gasteiger partial charge in [-0.1, -0.05) is 11.6 Å². The average molecular weight is 493 g/mol. The zero-order valence-electron chi connectivity index (χ0n) is 16.8. The van der Waals surface area contributed by atoms with Crippen molar-refractivity contribution >= 4 is 17.6 Å². The molecule has 16 heteroatoms. The van der Waals surface area contributed by atoms with Crippen molar-refractivity contribution in [3.8, 4) is 11.4 Å². The number of benzene rings is 1. The van der Waals surface area contributed by atoms with Gasteiger partial charge in [0.2, 0.25) is 0 Å². The quantitative estimate of drug-likeness (QED) is 0.370. The Labute approximate surface area is 185 Å². The number of methoxy groups -OCH3 is 1. The van der Waals surface area contributed by atoms with E-state index < -0.39 is 40.6 Å². The predicted molar refractivity (Wildman–Crippen MR) is 101 cm³/mol. The molecule has 0 aliphatic carbocycles. The number of tetrazole rings is 1. The number of hydrogen-bond acceptors (Lipinski definition) is 8. The molecule has 0 saturated heterocycles. The second-order valence-electron chi connectivity index (χ2n) is 6.39. The summed E-state index contributed by atoms with van der Waals surface area (Å²) >= 11 is 5.95. The maximum atomic E-state index is 14.5. The number of esters is 1. The van der Waals surface area contributed by atoms with Crippen LogP contribution in [0, 0.1) is 5.82 Å². The highest BCUT2D eigenvalue weighted by molar-refractivity contribution is 6.32. The summed E-state index contributed by atoms with van der Waals surface area (Å²) < 4.78 is 65.0. The summed E-state index contributed by atoms with van der Waals surface area (Å²) in [6.07, 6.45) is -4.98. The Hall–Kier alpha value is -3.75. The van der Waals surface area contributed by atoms with Crippen LogP contribution in [-0.4, -0.2) is 42.4 Å². The van der Waals surface area contributed by atoms with Gasteiger partial charge in [0, 0.05) is 19.2 Å². The van der Waals surface area contributed by atoms with Crippen molar-refractivity contribution in [2.75, 3.05) is 7.11 Å². The smallest absolute Gasteiger partial charge is 0.431 e. The van der Waals surface area contributed by atoms with Crippen molar-refractivity contribution in [3.05, 3.63) is 61.4 Å². The van der Waals surface area contributed by atoms with E-state index in [2.05, 4.69) is 20.3 Å². The number of nitrogens with zero attached hydrogens (tertiary/aromatic N) is 6. The number of alkyl halides is 3. The molecule has 0 bridgehead atoms. The highest BCUT2D eigenvalue weighted by atomic mass is 35.5. The molecule has 0 fully saturated rings. The van der Waals surface area contributed by atoms with Crippen LogP contribution in [-0.2, 0) is 35.9 Å². The molecule has 0 radical (unpaired) electrons. The average Bonchev–Trinajstić information content (AvgIpc) is 3.17. The maximum absolute atomic E-state index is 14.5. The SMILES string of the molecule is COC(=O)Cn1nnnc1COc1cc(-n2c(=O)cc(C(F)(F)F)n(C)c2=O)c(F)cc1Cl. The Morgan fingerprint density at radius 2 is 1.91 bits per heavy atom. The lowest BCUT2D eigenvalue weighted by atomic mass is 10.2. The van der Waals surface area contributed by atoms with Crippen molar-refractivity contribution in [1.82, 2.24) is 29.3 Å². The summed E-state index contributed by atoms with van der Waals surface area (Å²) in [6.45, 7) is -0.712. The van der Waals surface area contributed by atoms with Crippen LogP contribution in [0.2, 0.25) is 5.02 Å². The molecule has 0 saturated carbocycles. The molecule has 0 unspecified atom stereocenters. The van der Waals surface area contributed by atoms with Crippen LogP contribution in [0.4, 0.5) is 17.6 Å². The zero-order valence-corrected chi connectivity index (χ0v) is 17.5. The van der Waals surface area contributed by atoms with Gasteiger partial charge in [-0.3, -0.25) is 14.2 Å². The van der Waals surface area contributed by atoms with Gasteiger partial charge in [-0.15, -0.1) is 5.10 Å². The van der Waals surface area contributed by atoms with Gasteiger partial charge in [0.15, 0.2) is 5.82 Å². The van der Waals surface area contributed by atoms with Crippen LogP contribution in [0.25, 0.3) is 5.69 Å². The second-order valence-corrected chi connectivity index (χ2v) is 6.80. The Kier molecular flexibility index (Phi) is 6.53. The summed E-state index contributed by atoms with van der Waals surface area (Å²) in [5.74, 6) is -2.01. The van der Waals surface area contributed by atoms with Crippen molar-refractivity contribution in [2.45, 2.75) is 19.3 Å². The number of hydrogen-bond donors (Lipinski definition) is 0.